The molecule has 2 heteroatoms. The number of methoxy groups -OCH3 is 1. The maximum Gasteiger partial charge on any atom is 0.123 e. The molecule has 0 heterocycles. The van der Waals surface area contributed by atoms with Crippen molar-refractivity contribution < 1.29 is 4.74 Å². The summed E-state index contributed by atoms with van der Waals surface area (Å²) in [7, 11) is 1.68. The molecule has 1 aliphatic carbocycles. The maximum atomic E-state index is 5.78. The van der Waals surface area contributed by atoms with Crippen molar-refractivity contribution in [3.63, 3.8) is 0 Å². The summed E-state index contributed by atoms with van der Waals surface area (Å²) in [4.78, 5) is 0. The predicted octanol–water partition coefficient (Wildman–Crippen LogP) is 4.09. The SMILES string of the molecule is COc1ccc(-c2ccc(C3CCC3)cc2)cc1CN. The largest absolute Gasteiger partial charge is 0.496 e. The molecule has 1 fully saturated rings. The molecule has 0 aliphatic heterocycles. The second-order valence-corrected chi connectivity index (χ2v) is 5.48. The van der Waals surface area contributed by atoms with Crippen molar-refractivity contribution in [2.75, 3.05) is 7.11 Å². The Balaban J connectivity index is 1.88. The quantitative estimate of drug-likeness (QED) is 0.905. The van der Waals surface area contributed by atoms with Crippen LogP contribution in [0.15, 0.2) is 42.5 Å². The first kappa shape index (κ1) is 13.2. The molecule has 0 aromatic heterocycles. The summed E-state index contributed by atoms with van der Waals surface area (Å²) < 4.78 is 5.32. The third-order valence-electron chi connectivity index (χ3n) is 4.32. The lowest BCUT2D eigenvalue weighted by Gasteiger charge is -2.25. The van der Waals surface area contributed by atoms with Gasteiger partial charge < -0.3 is 10.5 Å². The monoisotopic (exact) mass is 267 g/mol. The number of hydrogen-bond acceptors (Lipinski definition) is 2. The lowest BCUT2D eigenvalue weighted by atomic mass is 9.80. The highest BCUT2D eigenvalue weighted by Crippen LogP contribution is 2.37. The number of nitrogens with two attached hydrogens (primary N) is 1. The van der Waals surface area contributed by atoms with Crippen LogP contribution < -0.4 is 10.5 Å². The van der Waals surface area contributed by atoms with Crippen LogP contribution >= 0.6 is 0 Å². The summed E-state index contributed by atoms with van der Waals surface area (Å²) in [5.74, 6) is 1.65. The highest BCUT2D eigenvalue weighted by Gasteiger charge is 2.19. The number of hydrogen-bond donors (Lipinski definition) is 1. The van der Waals surface area contributed by atoms with Crippen molar-refractivity contribution >= 4 is 0 Å². The van der Waals surface area contributed by atoms with Gasteiger partial charge in [-0.15, -0.1) is 0 Å². The first-order valence-corrected chi connectivity index (χ1v) is 7.29. The summed E-state index contributed by atoms with van der Waals surface area (Å²) >= 11 is 0. The Hall–Kier alpha value is -1.80. The van der Waals surface area contributed by atoms with E-state index in [1.165, 1.54) is 36.0 Å². The molecule has 1 saturated carbocycles. The Morgan fingerprint density at radius 1 is 1.05 bits per heavy atom. The predicted molar refractivity (Wildman–Crippen MR) is 82.9 cm³/mol. The van der Waals surface area contributed by atoms with Gasteiger partial charge in [-0.25, -0.2) is 0 Å². The highest BCUT2D eigenvalue weighted by atomic mass is 16.5. The van der Waals surface area contributed by atoms with Crippen LogP contribution in [-0.2, 0) is 6.54 Å². The molecule has 104 valence electrons. The third-order valence-corrected chi connectivity index (χ3v) is 4.32. The topological polar surface area (TPSA) is 35.2 Å². The molecular weight excluding hydrogens is 246 g/mol. The molecule has 2 nitrogen and oxygen atoms in total. The van der Waals surface area contributed by atoms with E-state index < -0.39 is 0 Å². The van der Waals surface area contributed by atoms with E-state index in [0.717, 1.165) is 17.2 Å². The summed E-state index contributed by atoms with van der Waals surface area (Å²) in [5, 5.41) is 0. The standard InChI is InChI=1S/C18H21NO/c1-20-18-10-9-16(11-17(18)12-19)15-7-5-14(6-8-15)13-3-2-4-13/h5-11,13H,2-4,12,19H2,1H3. The number of ether oxygens (including phenoxy) is 1. The minimum absolute atomic E-state index is 0.497. The van der Waals surface area contributed by atoms with Crippen LogP contribution in [0.4, 0.5) is 0 Å². The smallest absolute Gasteiger partial charge is 0.123 e. The zero-order valence-corrected chi connectivity index (χ0v) is 11.9. The summed E-state index contributed by atoms with van der Waals surface area (Å²) in [6.45, 7) is 0.497. The zero-order chi connectivity index (χ0) is 13.9. The molecule has 0 spiro atoms. The Morgan fingerprint density at radius 3 is 2.30 bits per heavy atom. The van der Waals surface area contributed by atoms with Crippen molar-refractivity contribution in [1.29, 1.82) is 0 Å². The summed E-state index contributed by atoms with van der Waals surface area (Å²) in [5.41, 5.74) is 10.8. The van der Waals surface area contributed by atoms with Crippen LogP contribution in [-0.4, -0.2) is 7.11 Å². The van der Waals surface area contributed by atoms with E-state index >= 15 is 0 Å². The Labute approximate surface area is 120 Å². The molecule has 2 N–H and O–H groups in total. The van der Waals surface area contributed by atoms with Gasteiger partial charge in [0.25, 0.3) is 0 Å². The van der Waals surface area contributed by atoms with Crippen LogP contribution in [0, 0.1) is 0 Å². The molecule has 0 atom stereocenters. The van der Waals surface area contributed by atoms with Crippen molar-refractivity contribution in [2.45, 2.75) is 31.7 Å². The number of rotatable bonds is 4. The van der Waals surface area contributed by atoms with Gasteiger partial charge >= 0.3 is 0 Å². The van der Waals surface area contributed by atoms with Crippen LogP contribution in [0.2, 0.25) is 0 Å². The lowest BCUT2D eigenvalue weighted by molar-refractivity contribution is 0.410. The van der Waals surface area contributed by atoms with E-state index in [0.29, 0.717) is 6.54 Å². The highest BCUT2D eigenvalue weighted by molar-refractivity contribution is 5.66. The maximum absolute atomic E-state index is 5.78. The fraction of sp³-hybridized carbons (Fsp3) is 0.333. The van der Waals surface area contributed by atoms with E-state index in [1.54, 1.807) is 7.11 Å². The van der Waals surface area contributed by atoms with Crippen LogP contribution in [0.1, 0.15) is 36.3 Å². The molecule has 1 aliphatic rings. The average molecular weight is 267 g/mol. The van der Waals surface area contributed by atoms with Crippen molar-refractivity contribution in [1.82, 2.24) is 0 Å². The van der Waals surface area contributed by atoms with E-state index in [2.05, 4.69) is 36.4 Å². The Morgan fingerprint density at radius 2 is 1.75 bits per heavy atom. The van der Waals surface area contributed by atoms with Gasteiger partial charge in [0, 0.05) is 12.1 Å². The van der Waals surface area contributed by atoms with Gasteiger partial charge in [-0.05, 0) is 47.6 Å². The first-order valence-electron chi connectivity index (χ1n) is 7.29. The fourth-order valence-corrected chi connectivity index (χ4v) is 2.81. The third kappa shape index (κ3) is 2.44. The van der Waals surface area contributed by atoms with E-state index in [4.69, 9.17) is 10.5 Å². The lowest BCUT2D eigenvalue weighted by Crippen LogP contribution is -2.08. The van der Waals surface area contributed by atoms with Crippen molar-refractivity contribution in [2.24, 2.45) is 5.73 Å². The first-order chi connectivity index (χ1) is 9.81. The van der Waals surface area contributed by atoms with Gasteiger partial charge in [-0.1, -0.05) is 36.8 Å². The average Bonchev–Trinajstić information content (AvgIpc) is 2.45. The van der Waals surface area contributed by atoms with Gasteiger partial charge in [0.15, 0.2) is 0 Å². The van der Waals surface area contributed by atoms with Gasteiger partial charge in [-0.2, -0.15) is 0 Å². The molecule has 0 saturated heterocycles. The van der Waals surface area contributed by atoms with Gasteiger partial charge in [0.1, 0.15) is 5.75 Å². The fourth-order valence-electron chi connectivity index (χ4n) is 2.81. The Bertz CT molecular complexity index is 585. The summed E-state index contributed by atoms with van der Waals surface area (Å²) in [6.07, 6.45) is 4.07. The van der Waals surface area contributed by atoms with Crippen molar-refractivity contribution in [3.05, 3.63) is 53.6 Å². The number of benzene rings is 2. The van der Waals surface area contributed by atoms with E-state index in [1.807, 2.05) is 6.07 Å². The minimum atomic E-state index is 0.497. The molecule has 20 heavy (non-hydrogen) atoms. The van der Waals surface area contributed by atoms with Gasteiger partial charge in [-0.3, -0.25) is 0 Å². The van der Waals surface area contributed by atoms with E-state index in [9.17, 15) is 0 Å². The van der Waals surface area contributed by atoms with Crippen LogP contribution in [0.5, 0.6) is 5.75 Å². The molecule has 2 aromatic carbocycles. The van der Waals surface area contributed by atoms with E-state index in [-0.39, 0.29) is 0 Å². The molecule has 3 rings (SSSR count). The summed E-state index contributed by atoms with van der Waals surface area (Å²) in [6, 6.07) is 15.2. The molecule has 0 radical (unpaired) electrons. The second-order valence-electron chi connectivity index (χ2n) is 5.48. The second kappa shape index (κ2) is 5.68. The Kier molecular flexibility index (Phi) is 3.75. The normalized spacial score (nSPS) is 14.9. The van der Waals surface area contributed by atoms with Crippen LogP contribution in [0.25, 0.3) is 11.1 Å². The molecule has 2 aromatic rings. The zero-order valence-electron chi connectivity index (χ0n) is 11.9. The van der Waals surface area contributed by atoms with Gasteiger partial charge in [0.05, 0.1) is 7.11 Å². The molecule has 0 amide bonds. The molecule has 0 unspecified atom stereocenters. The molecule has 0 bridgehead atoms. The van der Waals surface area contributed by atoms with Crippen LogP contribution in [0.3, 0.4) is 0 Å². The minimum Gasteiger partial charge on any atom is -0.496 e. The molecular formula is C18H21NO. The van der Waals surface area contributed by atoms with Gasteiger partial charge in [0.2, 0.25) is 0 Å². The van der Waals surface area contributed by atoms with Crippen molar-refractivity contribution in [3.8, 4) is 16.9 Å².